The van der Waals surface area contributed by atoms with E-state index in [9.17, 15) is 23.5 Å². The van der Waals surface area contributed by atoms with E-state index in [4.69, 9.17) is 0 Å². The Kier molecular flexibility index (Phi) is 6.05. The van der Waals surface area contributed by atoms with E-state index >= 15 is 0 Å². The molecule has 1 N–H and O–H groups in total. The number of amides is 1. The van der Waals surface area contributed by atoms with Gasteiger partial charge >= 0.3 is 0 Å². The molecule has 1 fully saturated rings. The Balaban J connectivity index is 1.40. The molecule has 2 aromatic heterocycles. The van der Waals surface area contributed by atoms with Gasteiger partial charge in [0.1, 0.15) is 11.7 Å². The number of piperidine rings is 1. The molecule has 1 saturated heterocycles. The summed E-state index contributed by atoms with van der Waals surface area (Å²) in [6.07, 6.45) is 0.362. The molecule has 3 aromatic rings. The summed E-state index contributed by atoms with van der Waals surface area (Å²) >= 11 is 0. The van der Waals surface area contributed by atoms with Crippen molar-refractivity contribution in [3.8, 4) is 0 Å². The first-order valence-corrected chi connectivity index (χ1v) is 10.5. The quantitative estimate of drug-likeness (QED) is 0.626. The standard InChI is InChI=1S/C22H25F2N5O3/c1-27-20-17(12-26-27)21(31)29(14-25-20)13-22(32)7-9-28(10-8-22)18(30)11-16(19(23)24)15-5-3-2-4-6-15/h2-6,12,14,16,19,32H,7-11,13H2,1H3. The van der Waals surface area contributed by atoms with Gasteiger partial charge in [-0.2, -0.15) is 5.10 Å². The predicted octanol–water partition coefficient (Wildman–Crippen LogP) is 1.92. The summed E-state index contributed by atoms with van der Waals surface area (Å²) in [5, 5.41) is 15.4. The minimum absolute atomic E-state index is 0.0371. The second kappa shape index (κ2) is 8.78. The molecule has 170 valence electrons. The number of carbonyl (C=O) groups excluding carboxylic acids is 1. The summed E-state index contributed by atoms with van der Waals surface area (Å²) < 4.78 is 30.0. The molecular formula is C22H25F2N5O3. The van der Waals surface area contributed by atoms with Gasteiger partial charge in [0.25, 0.3) is 5.56 Å². The van der Waals surface area contributed by atoms with Crippen LogP contribution in [0.15, 0.2) is 47.7 Å². The highest BCUT2D eigenvalue weighted by atomic mass is 19.3. The van der Waals surface area contributed by atoms with Gasteiger partial charge in [0, 0.05) is 26.6 Å². The molecule has 1 aliphatic rings. The first-order valence-electron chi connectivity index (χ1n) is 10.5. The van der Waals surface area contributed by atoms with E-state index in [0.29, 0.717) is 16.6 Å². The Morgan fingerprint density at radius 2 is 1.91 bits per heavy atom. The van der Waals surface area contributed by atoms with Crippen molar-refractivity contribution in [1.82, 2.24) is 24.2 Å². The first-order chi connectivity index (χ1) is 15.3. The van der Waals surface area contributed by atoms with E-state index in [1.807, 2.05) is 0 Å². The number of alkyl halides is 2. The lowest BCUT2D eigenvalue weighted by Crippen LogP contribution is -2.50. The fourth-order valence-corrected chi connectivity index (χ4v) is 4.20. The van der Waals surface area contributed by atoms with Crippen LogP contribution >= 0.6 is 0 Å². The number of rotatable bonds is 6. The van der Waals surface area contributed by atoms with E-state index in [2.05, 4.69) is 10.1 Å². The van der Waals surface area contributed by atoms with Crippen molar-refractivity contribution in [3.05, 3.63) is 58.8 Å². The summed E-state index contributed by atoms with van der Waals surface area (Å²) in [4.78, 5) is 31.1. The number of nitrogens with zero attached hydrogens (tertiary/aromatic N) is 5. The molecule has 0 aliphatic carbocycles. The van der Waals surface area contributed by atoms with Crippen LogP contribution in [0.5, 0.6) is 0 Å². The number of likely N-dealkylation sites (tertiary alicyclic amines) is 1. The van der Waals surface area contributed by atoms with Crippen LogP contribution in [0.4, 0.5) is 8.78 Å². The smallest absolute Gasteiger partial charge is 0.264 e. The molecule has 0 saturated carbocycles. The fourth-order valence-electron chi connectivity index (χ4n) is 4.20. The topological polar surface area (TPSA) is 93.2 Å². The van der Waals surface area contributed by atoms with E-state index < -0.39 is 17.9 Å². The molecule has 1 aliphatic heterocycles. The predicted molar refractivity (Wildman–Crippen MR) is 113 cm³/mol. The number of aliphatic hydroxyl groups is 1. The third-order valence-electron chi connectivity index (χ3n) is 6.16. The minimum atomic E-state index is -2.65. The highest BCUT2D eigenvalue weighted by Crippen LogP contribution is 2.30. The van der Waals surface area contributed by atoms with Crippen molar-refractivity contribution >= 4 is 16.9 Å². The van der Waals surface area contributed by atoms with Crippen molar-refractivity contribution in [1.29, 1.82) is 0 Å². The van der Waals surface area contributed by atoms with E-state index in [1.165, 1.54) is 26.7 Å². The molecule has 0 spiro atoms. The molecule has 0 bridgehead atoms. The van der Waals surface area contributed by atoms with Crippen molar-refractivity contribution in [2.75, 3.05) is 13.1 Å². The van der Waals surface area contributed by atoms with Gasteiger partial charge in [-0.05, 0) is 18.4 Å². The van der Waals surface area contributed by atoms with E-state index in [0.717, 1.165) is 0 Å². The molecule has 1 unspecified atom stereocenters. The minimum Gasteiger partial charge on any atom is -0.388 e. The monoisotopic (exact) mass is 445 g/mol. The lowest BCUT2D eigenvalue weighted by atomic mass is 9.90. The van der Waals surface area contributed by atoms with Gasteiger partial charge < -0.3 is 10.0 Å². The number of fused-ring (bicyclic) bond motifs is 1. The molecule has 32 heavy (non-hydrogen) atoms. The van der Waals surface area contributed by atoms with E-state index in [-0.39, 0.29) is 50.4 Å². The largest absolute Gasteiger partial charge is 0.388 e. The molecule has 1 amide bonds. The Morgan fingerprint density at radius 1 is 1.22 bits per heavy atom. The SMILES string of the molecule is Cn1ncc2c(=O)n(CC3(O)CCN(C(=O)CC(c4ccccc4)C(F)F)CC3)cnc21. The molecule has 3 heterocycles. The van der Waals surface area contributed by atoms with Gasteiger partial charge in [-0.1, -0.05) is 30.3 Å². The van der Waals surface area contributed by atoms with Crippen LogP contribution in [-0.4, -0.2) is 60.4 Å². The van der Waals surface area contributed by atoms with Crippen LogP contribution in [-0.2, 0) is 18.4 Å². The van der Waals surface area contributed by atoms with Gasteiger partial charge in [-0.25, -0.2) is 13.8 Å². The average molecular weight is 445 g/mol. The third-order valence-corrected chi connectivity index (χ3v) is 6.16. The summed E-state index contributed by atoms with van der Waals surface area (Å²) in [5.74, 6) is -1.53. The maximum atomic E-state index is 13.6. The lowest BCUT2D eigenvalue weighted by Gasteiger charge is -2.38. The van der Waals surface area contributed by atoms with Crippen LogP contribution in [0.3, 0.4) is 0 Å². The maximum absolute atomic E-state index is 13.6. The van der Waals surface area contributed by atoms with Gasteiger partial charge in [0.2, 0.25) is 12.3 Å². The maximum Gasteiger partial charge on any atom is 0.264 e. The second-order valence-corrected chi connectivity index (χ2v) is 8.34. The van der Waals surface area contributed by atoms with Crippen molar-refractivity contribution in [3.63, 3.8) is 0 Å². The molecule has 8 nitrogen and oxygen atoms in total. The summed E-state index contributed by atoms with van der Waals surface area (Å²) in [6, 6.07) is 8.30. The summed E-state index contributed by atoms with van der Waals surface area (Å²) in [5.41, 5.74) is -0.593. The zero-order valence-corrected chi connectivity index (χ0v) is 17.7. The Bertz CT molecular complexity index is 1150. The summed E-state index contributed by atoms with van der Waals surface area (Å²) in [7, 11) is 1.69. The zero-order chi connectivity index (χ0) is 22.9. The Hall–Kier alpha value is -3.14. The number of aryl methyl sites for hydroxylation is 1. The van der Waals surface area contributed by atoms with Crippen LogP contribution in [0.2, 0.25) is 0 Å². The van der Waals surface area contributed by atoms with Crippen LogP contribution in [0.1, 0.15) is 30.7 Å². The van der Waals surface area contributed by atoms with Crippen molar-refractivity contribution in [2.24, 2.45) is 7.05 Å². The van der Waals surface area contributed by atoms with Crippen LogP contribution in [0, 0.1) is 0 Å². The molecule has 1 atom stereocenters. The normalized spacial score (nSPS) is 17.1. The average Bonchev–Trinajstić information content (AvgIpc) is 3.16. The molecular weight excluding hydrogens is 420 g/mol. The van der Waals surface area contributed by atoms with Crippen molar-refractivity contribution < 1.29 is 18.7 Å². The fraction of sp³-hybridized carbons (Fsp3) is 0.455. The molecule has 4 rings (SSSR count). The van der Waals surface area contributed by atoms with E-state index in [1.54, 1.807) is 37.4 Å². The highest BCUT2D eigenvalue weighted by molar-refractivity contribution is 5.77. The zero-order valence-electron chi connectivity index (χ0n) is 17.7. The van der Waals surface area contributed by atoms with Crippen LogP contribution < -0.4 is 5.56 Å². The van der Waals surface area contributed by atoms with Gasteiger partial charge in [0.05, 0.1) is 24.3 Å². The summed E-state index contributed by atoms with van der Waals surface area (Å²) in [6.45, 7) is 0.504. The molecule has 10 heteroatoms. The first kappa shape index (κ1) is 22.1. The van der Waals surface area contributed by atoms with Gasteiger partial charge in [-0.3, -0.25) is 18.8 Å². The van der Waals surface area contributed by atoms with Gasteiger partial charge in [-0.15, -0.1) is 0 Å². The number of halogens is 2. The number of hydrogen-bond acceptors (Lipinski definition) is 5. The number of benzene rings is 1. The Morgan fingerprint density at radius 3 is 2.56 bits per heavy atom. The van der Waals surface area contributed by atoms with Gasteiger partial charge in [0.15, 0.2) is 5.65 Å². The highest BCUT2D eigenvalue weighted by Gasteiger charge is 2.36. The third kappa shape index (κ3) is 4.40. The molecule has 0 radical (unpaired) electrons. The number of carbonyl (C=O) groups is 1. The second-order valence-electron chi connectivity index (χ2n) is 8.34. The lowest BCUT2D eigenvalue weighted by molar-refractivity contribution is -0.137. The molecule has 1 aromatic carbocycles. The number of aromatic nitrogens is 4. The number of hydrogen-bond donors (Lipinski definition) is 1. The Labute approximate surface area is 183 Å². The van der Waals surface area contributed by atoms with Crippen LogP contribution in [0.25, 0.3) is 11.0 Å². The van der Waals surface area contributed by atoms with Crippen molar-refractivity contribution in [2.45, 2.75) is 43.8 Å².